The first-order chi connectivity index (χ1) is 24.2. The Bertz CT molecular complexity index is 1970. The Hall–Kier alpha value is -5.02. The van der Waals surface area contributed by atoms with Gasteiger partial charge in [0, 0.05) is 28.3 Å². The van der Waals surface area contributed by atoms with Crippen LogP contribution in [0.3, 0.4) is 0 Å². The van der Waals surface area contributed by atoms with Gasteiger partial charge in [-0.2, -0.15) is 10.1 Å². The molecule has 1 aliphatic carbocycles. The Balaban J connectivity index is 1.34. The molecule has 254 valence electrons. The molecule has 0 unspecified atom stereocenters. The number of amides is 1. The van der Waals surface area contributed by atoms with Gasteiger partial charge in [0.25, 0.3) is 0 Å². The maximum absolute atomic E-state index is 12.4. The summed E-state index contributed by atoms with van der Waals surface area (Å²) >= 11 is 3.67. The zero-order valence-electron chi connectivity index (χ0n) is 28.5. The molecule has 0 bridgehead atoms. The van der Waals surface area contributed by atoms with Crippen molar-refractivity contribution in [2.75, 3.05) is 5.32 Å². The molecule has 7 rings (SSSR count). The van der Waals surface area contributed by atoms with Crippen LogP contribution >= 0.6 is 15.9 Å². The molecule has 1 fully saturated rings. The smallest absolute Gasteiger partial charge is 0.407 e. The zero-order valence-corrected chi connectivity index (χ0v) is 30.1. The van der Waals surface area contributed by atoms with Crippen molar-refractivity contribution in [3.8, 4) is 11.3 Å². The number of hydrogen-bond acceptors (Lipinski definition) is 6. The quantitative estimate of drug-likeness (QED) is 0.152. The van der Waals surface area contributed by atoms with Crippen molar-refractivity contribution in [2.24, 2.45) is 0 Å². The van der Waals surface area contributed by atoms with Gasteiger partial charge in [-0.3, -0.25) is 0 Å². The van der Waals surface area contributed by atoms with Crippen molar-refractivity contribution in [1.29, 1.82) is 0 Å². The fraction of sp³-hybridized carbons (Fsp3) is 0.268. The van der Waals surface area contributed by atoms with E-state index in [0.717, 1.165) is 63.5 Å². The van der Waals surface area contributed by atoms with Crippen LogP contribution in [0.2, 0.25) is 0 Å². The maximum atomic E-state index is 12.4. The molecule has 6 aromatic rings. The molecule has 4 aromatic carbocycles. The van der Waals surface area contributed by atoms with Crippen LogP contribution in [0, 0.1) is 0 Å². The van der Waals surface area contributed by atoms with Crippen molar-refractivity contribution in [2.45, 2.75) is 69.7 Å². The van der Waals surface area contributed by atoms with Gasteiger partial charge >= 0.3 is 6.09 Å². The lowest BCUT2D eigenvalue weighted by Gasteiger charge is -2.36. The number of aromatic nitrogens is 4. The summed E-state index contributed by atoms with van der Waals surface area (Å²) in [6, 6.07) is 40.0. The van der Waals surface area contributed by atoms with E-state index >= 15 is 0 Å². The van der Waals surface area contributed by atoms with Crippen molar-refractivity contribution < 1.29 is 9.53 Å². The first kappa shape index (κ1) is 33.5. The van der Waals surface area contributed by atoms with Crippen molar-refractivity contribution in [3.63, 3.8) is 0 Å². The van der Waals surface area contributed by atoms with E-state index in [1.165, 1.54) is 0 Å². The number of benzene rings is 4. The summed E-state index contributed by atoms with van der Waals surface area (Å²) in [5, 5.41) is 13.0. The van der Waals surface area contributed by atoms with Crippen LogP contribution in [0.4, 0.5) is 10.7 Å². The largest absolute Gasteiger partial charge is 0.444 e. The molecule has 50 heavy (non-hydrogen) atoms. The minimum atomic E-state index is -0.858. The highest BCUT2D eigenvalue weighted by Crippen LogP contribution is 2.43. The number of anilines is 1. The van der Waals surface area contributed by atoms with E-state index in [4.69, 9.17) is 19.8 Å². The van der Waals surface area contributed by atoms with E-state index in [2.05, 4.69) is 116 Å². The first-order valence-electron chi connectivity index (χ1n) is 17.2. The van der Waals surface area contributed by atoms with Crippen molar-refractivity contribution >= 4 is 39.0 Å². The summed E-state index contributed by atoms with van der Waals surface area (Å²) in [7, 11) is 0. The molecule has 1 amide bonds. The topological polar surface area (TPSA) is 94.0 Å². The second kappa shape index (κ2) is 14.1. The van der Waals surface area contributed by atoms with Gasteiger partial charge < -0.3 is 15.4 Å². The number of nitrogens with one attached hydrogen (secondary N) is 2. The minimum absolute atomic E-state index is 0.0729. The molecule has 2 aromatic heterocycles. The predicted molar refractivity (Wildman–Crippen MR) is 202 cm³/mol. The molecule has 8 nitrogen and oxygen atoms in total. The van der Waals surface area contributed by atoms with E-state index in [1.807, 2.05) is 57.3 Å². The normalized spacial score (nSPS) is 16.6. The highest BCUT2D eigenvalue weighted by molar-refractivity contribution is 9.10. The number of carbonyl (C=O) groups excluding carboxylic acids is 1. The number of halogens is 1. The van der Waals surface area contributed by atoms with Gasteiger partial charge in [0.1, 0.15) is 16.8 Å². The van der Waals surface area contributed by atoms with Crippen LogP contribution in [0.5, 0.6) is 0 Å². The summed E-state index contributed by atoms with van der Waals surface area (Å²) in [5.41, 5.74) is 4.28. The van der Waals surface area contributed by atoms with Crippen LogP contribution in [0.1, 0.15) is 63.1 Å². The second-order valence-electron chi connectivity index (χ2n) is 13.8. The molecule has 2 N–H and O–H groups in total. The third-order valence-electron chi connectivity index (χ3n) is 9.20. The van der Waals surface area contributed by atoms with Gasteiger partial charge in [0.15, 0.2) is 5.65 Å². The van der Waals surface area contributed by atoms with Crippen LogP contribution in [-0.4, -0.2) is 43.5 Å². The van der Waals surface area contributed by atoms with Crippen LogP contribution in [0.25, 0.3) is 22.3 Å². The van der Waals surface area contributed by atoms with E-state index in [1.54, 1.807) is 0 Å². The first-order valence-corrected chi connectivity index (χ1v) is 17.9. The van der Waals surface area contributed by atoms with Crippen molar-refractivity contribution in [1.82, 2.24) is 25.1 Å². The molecule has 1 aliphatic rings. The van der Waals surface area contributed by atoms with Gasteiger partial charge in [-0.1, -0.05) is 119 Å². The van der Waals surface area contributed by atoms with E-state index in [-0.39, 0.29) is 18.2 Å². The number of nitrogens with zero attached hydrogens (tertiary/aromatic N) is 4. The van der Waals surface area contributed by atoms with Gasteiger partial charge in [-0.25, -0.2) is 14.5 Å². The van der Waals surface area contributed by atoms with E-state index in [0.29, 0.717) is 11.6 Å². The Morgan fingerprint density at radius 2 is 1.34 bits per heavy atom. The SMILES string of the molecule is CC(C)(C)OC(=O)NC1CCC(Nc2ncc3c(-c4cccc(Br)c4)nn(C(c4ccccc4)(c4ccccc4)c4ccccc4)c3n2)CC1. The number of ether oxygens (including phenoxy) is 1. The summed E-state index contributed by atoms with van der Waals surface area (Å²) in [6.07, 6.45) is 4.94. The number of hydrogen-bond donors (Lipinski definition) is 2. The highest BCUT2D eigenvalue weighted by atomic mass is 79.9. The van der Waals surface area contributed by atoms with Crippen LogP contribution < -0.4 is 10.6 Å². The molecule has 1 saturated carbocycles. The van der Waals surface area contributed by atoms with Gasteiger partial charge in [0.2, 0.25) is 5.95 Å². The lowest BCUT2D eigenvalue weighted by molar-refractivity contribution is 0.0492. The van der Waals surface area contributed by atoms with Crippen molar-refractivity contribution in [3.05, 3.63) is 143 Å². The Morgan fingerprint density at radius 1 is 0.780 bits per heavy atom. The zero-order chi connectivity index (χ0) is 34.7. The van der Waals surface area contributed by atoms with Crippen LogP contribution in [-0.2, 0) is 10.3 Å². The Morgan fingerprint density at radius 3 is 1.88 bits per heavy atom. The fourth-order valence-electron chi connectivity index (χ4n) is 7.00. The summed E-state index contributed by atoms with van der Waals surface area (Å²) in [5.74, 6) is 0.547. The number of carbonyl (C=O) groups is 1. The maximum Gasteiger partial charge on any atom is 0.407 e. The second-order valence-corrected chi connectivity index (χ2v) is 14.8. The fourth-order valence-corrected chi connectivity index (χ4v) is 7.40. The number of rotatable bonds is 8. The minimum Gasteiger partial charge on any atom is -0.444 e. The van der Waals surface area contributed by atoms with Gasteiger partial charge in [0.05, 0.1) is 5.39 Å². The molecule has 0 spiro atoms. The standard InChI is InChI=1S/C41H41BrN6O2/c1-40(2,3)50-39(49)45-34-24-22-33(23-25-34)44-38-43-27-35-36(28-14-13-21-32(42)26-28)47-48(37(35)46-38)41(29-15-7-4-8-16-29,30-17-9-5-10-18-30)31-19-11-6-12-20-31/h4-21,26-27,33-34H,22-25H2,1-3H3,(H,45,49)(H,43,44,46). The van der Waals surface area contributed by atoms with Gasteiger partial charge in [-0.15, -0.1) is 0 Å². The summed E-state index contributed by atoms with van der Waals surface area (Å²) in [6.45, 7) is 5.63. The third kappa shape index (κ3) is 6.87. The van der Waals surface area contributed by atoms with E-state index in [9.17, 15) is 4.79 Å². The molecule has 0 aliphatic heterocycles. The summed E-state index contributed by atoms with van der Waals surface area (Å²) < 4.78 is 8.54. The predicted octanol–water partition coefficient (Wildman–Crippen LogP) is 9.34. The third-order valence-corrected chi connectivity index (χ3v) is 9.69. The molecular formula is C41H41BrN6O2. The monoisotopic (exact) mass is 728 g/mol. The molecule has 0 radical (unpaired) electrons. The molecule has 2 heterocycles. The molecular weight excluding hydrogens is 688 g/mol. The molecule has 0 atom stereocenters. The number of fused-ring (bicyclic) bond motifs is 1. The van der Waals surface area contributed by atoms with Gasteiger partial charge in [-0.05, 0) is 75.3 Å². The average molecular weight is 730 g/mol. The summed E-state index contributed by atoms with van der Waals surface area (Å²) in [4.78, 5) is 22.5. The molecule has 0 saturated heterocycles. The Labute approximate surface area is 301 Å². The number of alkyl carbamates (subject to hydrolysis) is 1. The lowest BCUT2D eigenvalue weighted by Crippen LogP contribution is -2.42. The van der Waals surface area contributed by atoms with E-state index < -0.39 is 11.1 Å². The lowest BCUT2D eigenvalue weighted by atomic mass is 9.77. The molecule has 9 heteroatoms. The Kier molecular flexibility index (Phi) is 9.42. The van der Waals surface area contributed by atoms with Crippen LogP contribution in [0.15, 0.2) is 126 Å². The highest BCUT2D eigenvalue weighted by Gasteiger charge is 2.41. The average Bonchev–Trinajstić information content (AvgIpc) is 3.49.